The van der Waals surface area contributed by atoms with Gasteiger partial charge >= 0.3 is 0 Å². The second-order valence-corrected chi connectivity index (χ2v) is 5.82. The lowest BCUT2D eigenvalue weighted by Gasteiger charge is -2.35. The van der Waals surface area contributed by atoms with Crippen LogP contribution in [0.1, 0.15) is 30.6 Å². The van der Waals surface area contributed by atoms with Gasteiger partial charge < -0.3 is 4.90 Å². The van der Waals surface area contributed by atoms with Crippen molar-refractivity contribution in [1.29, 1.82) is 0 Å². The fourth-order valence-corrected chi connectivity index (χ4v) is 2.66. The number of carbonyl (C=O) groups excluding carboxylic acids is 1. The number of benzene rings is 1. The van der Waals surface area contributed by atoms with Crippen LogP contribution in [0.2, 0.25) is 5.02 Å². The molecule has 5 nitrogen and oxygen atoms in total. The highest BCUT2D eigenvalue weighted by atomic mass is 35.5. The second-order valence-electron chi connectivity index (χ2n) is 5.42. The third kappa shape index (κ3) is 2.93. The Labute approximate surface area is 122 Å². The maximum Gasteiger partial charge on any atom is 0.270 e. The first kappa shape index (κ1) is 14.8. The van der Waals surface area contributed by atoms with Gasteiger partial charge in [-0.05, 0) is 24.3 Å². The van der Waals surface area contributed by atoms with Crippen LogP contribution < -0.4 is 0 Å². The van der Waals surface area contributed by atoms with Crippen molar-refractivity contribution >= 4 is 23.2 Å². The molecule has 1 heterocycles. The first-order valence-electron chi connectivity index (χ1n) is 6.63. The molecule has 108 valence electrons. The predicted octanol–water partition coefficient (Wildman–Crippen LogP) is 3.37. The number of likely N-dealkylation sites (tertiary alicyclic amines) is 1. The van der Waals surface area contributed by atoms with Crippen LogP contribution in [0.15, 0.2) is 18.2 Å². The molecule has 0 aliphatic carbocycles. The summed E-state index contributed by atoms with van der Waals surface area (Å²) in [6.45, 7) is 5.72. The molecule has 6 heteroatoms. The summed E-state index contributed by atoms with van der Waals surface area (Å²) in [7, 11) is 0. The Hall–Kier alpha value is -1.62. The number of hydrogen-bond acceptors (Lipinski definition) is 3. The highest BCUT2D eigenvalue weighted by molar-refractivity contribution is 6.34. The highest BCUT2D eigenvalue weighted by Gasteiger charge is 2.27. The van der Waals surface area contributed by atoms with E-state index in [4.69, 9.17) is 11.6 Å². The van der Waals surface area contributed by atoms with Crippen molar-refractivity contribution in [3.8, 4) is 0 Å². The van der Waals surface area contributed by atoms with Crippen molar-refractivity contribution in [2.45, 2.75) is 20.3 Å². The number of nitro groups is 1. The van der Waals surface area contributed by atoms with Gasteiger partial charge in [-0.25, -0.2) is 0 Å². The van der Waals surface area contributed by atoms with E-state index in [1.807, 2.05) is 0 Å². The normalized spacial score (nSPS) is 22.6. The summed E-state index contributed by atoms with van der Waals surface area (Å²) in [5.41, 5.74) is 0.228. The van der Waals surface area contributed by atoms with E-state index >= 15 is 0 Å². The Morgan fingerprint density at radius 1 is 1.40 bits per heavy atom. The molecule has 1 aromatic carbocycles. The Balaban J connectivity index is 2.19. The lowest BCUT2D eigenvalue weighted by molar-refractivity contribution is -0.384. The third-order valence-electron chi connectivity index (χ3n) is 4.02. The molecular weight excluding hydrogens is 280 g/mol. The summed E-state index contributed by atoms with van der Waals surface area (Å²) in [6, 6.07) is 3.98. The molecule has 0 N–H and O–H groups in total. The lowest BCUT2D eigenvalue weighted by atomic mass is 9.88. The van der Waals surface area contributed by atoms with Crippen LogP contribution in [0.25, 0.3) is 0 Å². The zero-order valence-corrected chi connectivity index (χ0v) is 12.3. The number of non-ortho nitro benzene ring substituents is 1. The standard InChI is InChI=1S/C14H17ClN2O3/c1-9-5-6-16(8-10(9)2)14(18)12-4-3-11(17(19)20)7-13(12)15/h3-4,7,9-10H,5-6,8H2,1-2H3. The highest BCUT2D eigenvalue weighted by Crippen LogP contribution is 2.27. The monoisotopic (exact) mass is 296 g/mol. The first-order valence-corrected chi connectivity index (χ1v) is 7.01. The van der Waals surface area contributed by atoms with Crippen LogP contribution in [0, 0.1) is 22.0 Å². The summed E-state index contributed by atoms with van der Waals surface area (Å²) in [5, 5.41) is 10.8. The van der Waals surface area contributed by atoms with Gasteiger partial charge in [0.2, 0.25) is 0 Å². The van der Waals surface area contributed by atoms with E-state index in [9.17, 15) is 14.9 Å². The molecule has 2 unspecified atom stereocenters. The summed E-state index contributed by atoms with van der Waals surface area (Å²) in [4.78, 5) is 24.3. The molecule has 0 spiro atoms. The third-order valence-corrected chi connectivity index (χ3v) is 4.33. The van der Waals surface area contributed by atoms with Crippen LogP contribution in [-0.4, -0.2) is 28.8 Å². The van der Waals surface area contributed by atoms with Gasteiger partial charge in [0.05, 0.1) is 15.5 Å². The van der Waals surface area contributed by atoms with E-state index in [2.05, 4.69) is 13.8 Å². The van der Waals surface area contributed by atoms with E-state index in [0.717, 1.165) is 6.42 Å². The molecule has 1 saturated heterocycles. The minimum absolute atomic E-state index is 0.104. The molecule has 1 aliphatic heterocycles. The quantitative estimate of drug-likeness (QED) is 0.621. The molecule has 0 aromatic heterocycles. The Morgan fingerprint density at radius 3 is 2.65 bits per heavy atom. The van der Waals surface area contributed by atoms with Crippen LogP contribution in [-0.2, 0) is 0 Å². The van der Waals surface area contributed by atoms with Crippen molar-refractivity contribution < 1.29 is 9.72 Å². The number of carbonyl (C=O) groups is 1. The fourth-order valence-electron chi connectivity index (χ4n) is 2.41. The van der Waals surface area contributed by atoms with Gasteiger partial charge in [0.1, 0.15) is 0 Å². The Kier molecular flexibility index (Phi) is 4.28. The summed E-state index contributed by atoms with van der Waals surface area (Å²) in [6.07, 6.45) is 0.970. The van der Waals surface area contributed by atoms with Crippen LogP contribution in [0.3, 0.4) is 0 Å². The number of nitrogens with zero attached hydrogens (tertiary/aromatic N) is 2. The van der Waals surface area contributed by atoms with Gasteiger partial charge in [-0.15, -0.1) is 0 Å². The molecular formula is C14H17ClN2O3. The van der Waals surface area contributed by atoms with Crippen molar-refractivity contribution in [1.82, 2.24) is 4.90 Å². The van der Waals surface area contributed by atoms with E-state index in [-0.39, 0.29) is 16.6 Å². The molecule has 1 aromatic rings. The second kappa shape index (κ2) is 5.79. The molecule has 2 atom stereocenters. The number of hydrogen-bond donors (Lipinski definition) is 0. The van der Waals surface area contributed by atoms with Crippen LogP contribution in [0.4, 0.5) is 5.69 Å². The molecule has 1 fully saturated rings. The summed E-state index contributed by atoms with van der Waals surface area (Å²) in [5.74, 6) is 0.902. The van der Waals surface area contributed by atoms with Crippen LogP contribution >= 0.6 is 11.6 Å². The minimum atomic E-state index is -0.523. The van der Waals surface area contributed by atoms with E-state index in [1.54, 1.807) is 4.90 Å². The molecule has 2 rings (SSSR count). The SMILES string of the molecule is CC1CCN(C(=O)c2ccc([N+](=O)[O-])cc2Cl)CC1C. The van der Waals surface area contributed by atoms with E-state index in [1.165, 1.54) is 18.2 Å². The Bertz CT molecular complexity index is 547. The van der Waals surface area contributed by atoms with E-state index < -0.39 is 4.92 Å². The summed E-state index contributed by atoms with van der Waals surface area (Å²) >= 11 is 6.00. The van der Waals surface area contributed by atoms with Crippen molar-refractivity contribution in [2.75, 3.05) is 13.1 Å². The van der Waals surface area contributed by atoms with Crippen molar-refractivity contribution in [3.05, 3.63) is 38.9 Å². The molecule has 20 heavy (non-hydrogen) atoms. The van der Waals surface area contributed by atoms with Crippen LogP contribution in [0.5, 0.6) is 0 Å². The number of piperidine rings is 1. The number of halogens is 1. The molecule has 0 radical (unpaired) electrons. The van der Waals surface area contributed by atoms with Gasteiger partial charge in [-0.2, -0.15) is 0 Å². The smallest absolute Gasteiger partial charge is 0.270 e. The fraction of sp³-hybridized carbons (Fsp3) is 0.500. The molecule has 0 saturated carbocycles. The molecule has 1 aliphatic rings. The summed E-state index contributed by atoms with van der Waals surface area (Å²) < 4.78 is 0. The van der Waals surface area contributed by atoms with Gasteiger partial charge in [0.25, 0.3) is 11.6 Å². The van der Waals surface area contributed by atoms with Gasteiger partial charge in [-0.1, -0.05) is 25.4 Å². The average molecular weight is 297 g/mol. The zero-order valence-electron chi connectivity index (χ0n) is 11.5. The molecule has 1 amide bonds. The maximum atomic E-state index is 12.4. The van der Waals surface area contributed by atoms with Crippen molar-refractivity contribution in [3.63, 3.8) is 0 Å². The maximum absolute atomic E-state index is 12.4. The number of amides is 1. The topological polar surface area (TPSA) is 63.5 Å². The molecule has 0 bridgehead atoms. The number of rotatable bonds is 2. The van der Waals surface area contributed by atoms with E-state index in [0.29, 0.717) is 30.5 Å². The zero-order chi connectivity index (χ0) is 14.9. The average Bonchev–Trinajstić information content (AvgIpc) is 2.41. The van der Waals surface area contributed by atoms with Gasteiger partial charge in [-0.3, -0.25) is 14.9 Å². The Morgan fingerprint density at radius 2 is 2.10 bits per heavy atom. The number of nitro benzene ring substituents is 1. The lowest BCUT2D eigenvalue weighted by Crippen LogP contribution is -2.42. The minimum Gasteiger partial charge on any atom is -0.338 e. The predicted molar refractivity (Wildman–Crippen MR) is 77.0 cm³/mol. The first-order chi connectivity index (χ1) is 9.40. The van der Waals surface area contributed by atoms with Gasteiger partial charge in [0.15, 0.2) is 0 Å². The van der Waals surface area contributed by atoms with Crippen molar-refractivity contribution in [2.24, 2.45) is 11.8 Å². The van der Waals surface area contributed by atoms with Gasteiger partial charge in [0, 0.05) is 25.2 Å². The largest absolute Gasteiger partial charge is 0.338 e.